The van der Waals surface area contributed by atoms with Crippen LogP contribution in [0.3, 0.4) is 0 Å². The van der Waals surface area contributed by atoms with Crippen molar-refractivity contribution in [3.8, 4) is 17.0 Å². The van der Waals surface area contributed by atoms with E-state index >= 15 is 0 Å². The molecule has 1 aromatic carbocycles. The van der Waals surface area contributed by atoms with Crippen LogP contribution in [0.4, 0.5) is 0 Å². The van der Waals surface area contributed by atoms with Crippen molar-refractivity contribution in [2.75, 3.05) is 7.11 Å². The Bertz CT molecular complexity index is 493. The predicted molar refractivity (Wildman–Crippen MR) is 63.9 cm³/mol. The van der Waals surface area contributed by atoms with Gasteiger partial charge in [0.25, 0.3) is 0 Å². The van der Waals surface area contributed by atoms with Gasteiger partial charge in [-0.2, -0.15) is 0 Å². The maximum absolute atomic E-state index is 10.4. The summed E-state index contributed by atoms with van der Waals surface area (Å²) in [5, 5.41) is 2.79. The number of nitrogens with zero attached hydrogens (tertiary/aromatic N) is 1. The highest BCUT2D eigenvalue weighted by atomic mass is 32.1. The molecular formula is C12H11NO2S. The molecule has 1 heterocycles. The molecule has 0 aliphatic carbocycles. The van der Waals surface area contributed by atoms with Crippen LogP contribution in [0, 0.1) is 0 Å². The van der Waals surface area contributed by atoms with E-state index < -0.39 is 0 Å². The average Bonchev–Trinajstić information content (AvgIpc) is 2.78. The minimum Gasteiger partial charge on any atom is -0.497 e. The Kier molecular flexibility index (Phi) is 3.31. The second kappa shape index (κ2) is 4.90. The smallest absolute Gasteiger partial charge is 0.126 e. The van der Waals surface area contributed by atoms with Gasteiger partial charge in [0, 0.05) is 10.9 Å². The van der Waals surface area contributed by atoms with Crippen LogP contribution in [0.5, 0.6) is 5.75 Å². The van der Waals surface area contributed by atoms with Crippen molar-refractivity contribution in [2.24, 2.45) is 0 Å². The van der Waals surface area contributed by atoms with E-state index in [9.17, 15) is 4.79 Å². The third-order valence-corrected chi connectivity index (χ3v) is 3.05. The summed E-state index contributed by atoms with van der Waals surface area (Å²) in [7, 11) is 1.64. The van der Waals surface area contributed by atoms with E-state index in [1.165, 1.54) is 11.3 Å². The van der Waals surface area contributed by atoms with Gasteiger partial charge in [-0.1, -0.05) is 12.1 Å². The highest BCUT2D eigenvalue weighted by molar-refractivity contribution is 7.10. The number of hydrogen-bond acceptors (Lipinski definition) is 4. The van der Waals surface area contributed by atoms with Gasteiger partial charge in [-0.3, -0.25) is 0 Å². The number of ether oxygens (including phenoxy) is 1. The van der Waals surface area contributed by atoms with E-state index in [1.807, 2.05) is 29.6 Å². The van der Waals surface area contributed by atoms with Gasteiger partial charge in [0.1, 0.15) is 17.0 Å². The predicted octanol–water partition coefficient (Wildman–Crippen LogP) is 2.56. The van der Waals surface area contributed by atoms with Gasteiger partial charge in [-0.05, 0) is 12.1 Å². The standard InChI is InChI=1S/C12H11NO2S/c1-15-10-4-2-3-9(7-10)11-8-16-12(13-11)5-6-14/h2-4,6-8H,5H2,1H3. The summed E-state index contributed by atoms with van der Waals surface area (Å²) >= 11 is 1.50. The molecule has 0 spiro atoms. The quantitative estimate of drug-likeness (QED) is 0.762. The molecule has 0 saturated heterocycles. The van der Waals surface area contributed by atoms with Gasteiger partial charge in [0.05, 0.1) is 19.2 Å². The number of thiazole rings is 1. The summed E-state index contributed by atoms with van der Waals surface area (Å²) in [6.45, 7) is 0. The van der Waals surface area contributed by atoms with Crippen LogP contribution >= 0.6 is 11.3 Å². The van der Waals surface area contributed by atoms with Crippen molar-refractivity contribution in [3.05, 3.63) is 34.7 Å². The van der Waals surface area contributed by atoms with Gasteiger partial charge < -0.3 is 9.53 Å². The fourth-order valence-electron chi connectivity index (χ4n) is 1.39. The van der Waals surface area contributed by atoms with Crippen molar-refractivity contribution in [3.63, 3.8) is 0 Å². The van der Waals surface area contributed by atoms with Gasteiger partial charge >= 0.3 is 0 Å². The first kappa shape index (κ1) is 10.8. The Morgan fingerprint density at radius 1 is 1.50 bits per heavy atom. The van der Waals surface area contributed by atoms with Crippen molar-refractivity contribution < 1.29 is 9.53 Å². The SMILES string of the molecule is COc1cccc(-c2csc(CC=O)n2)c1. The Balaban J connectivity index is 2.30. The van der Waals surface area contributed by atoms with Crippen LogP contribution in [-0.4, -0.2) is 18.4 Å². The molecule has 4 heteroatoms. The number of aldehydes is 1. The van der Waals surface area contributed by atoms with Crippen LogP contribution in [0.15, 0.2) is 29.6 Å². The van der Waals surface area contributed by atoms with Crippen LogP contribution in [0.2, 0.25) is 0 Å². The summed E-state index contributed by atoms with van der Waals surface area (Å²) in [5.41, 5.74) is 1.90. The van der Waals surface area contributed by atoms with Crippen LogP contribution in [0.25, 0.3) is 11.3 Å². The number of methoxy groups -OCH3 is 1. The molecule has 0 radical (unpaired) electrons. The molecule has 0 bridgehead atoms. The molecule has 0 aliphatic heterocycles. The van der Waals surface area contributed by atoms with Gasteiger partial charge in [-0.25, -0.2) is 4.98 Å². The van der Waals surface area contributed by atoms with Crippen LogP contribution < -0.4 is 4.74 Å². The molecule has 0 amide bonds. The van der Waals surface area contributed by atoms with Gasteiger partial charge in [-0.15, -0.1) is 11.3 Å². The zero-order valence-electron chi connectivity index (χ0n) is 8.84. The number of benzene rings is 1. The molecule has 2 aromatic rings. The topological polar surface area (TPSA) is 39.2 Å². The largest absolute Gasteiger partial charge is 0.497 e. The van der Waals surface area contributed by atoms with E-state index in [4.69, 9.17) is 4.74 Å². The lowest BCUT2D eigenvalue weighted by molar-refractivity contribution is -0.107. The van der Waals surface area contributed by atoms with Gasteiger partial charge in [0.2, 0.25) is 0 Å². The highest BCUT2D eigenvalue weighted by Gasteiger charge is 2.04. The van der Waals surface area contributed by atoms with Crippen molar-refractivity contribution in [2.45, 2.75) is 6.42 Å². The van der Waals surface area contributed by atoms with Crippen LogP contribution in [0.1, 0.15) is 5.01 Å². The fraction of sp³-hybridized carbons (Fsp3) is 0.167. The molecule has 2 rings (SSSR count). The number of rotatable bonds is 4. The van der Waals surface area contributed by atoms with Crippen molar-refractivity contribution in [1.82, 2.24) is 4.98 Å². The van der Waals surface area contributed by atoms with Crippen LogP contribution in [-0.2, 0) is 11.2 Å². The fourth-order valence-corrected chi connectivity index (χ4v) is 2.14. The molecule has 0 saturated carbocycles. The molecule has 3 nitrogen and oxygen atoms in total. The first-order chi connectivity index (χ1) is 7.83. The van der Waals surface area contributed by atoms with Crippen molar-refractivity contribution >= 4 is 17.6 Å². The summed E-state index contributed by atoms with van der Waals surface area (Å²) in [6, 6.07) is 7.72. The third-order valence-electron chi connectivity index (χ3n) is 2.18. The number of hydrogen-bond donors (Lipinski definition) is 0. The number of carbonyl (C=O) groups excluding carboxylic acids is 1. The number of aromatic nitrogens is 1. The Labute approximate surface area is 97.7 Å². The lowest BCUT2D eigenvalue weighted by Gasteiger charge is -2.01. The third kappa shape index (κ3) is 2.28. The second-order valence-electron chi connectivity index (χ2n) is 3.23. The zero-order valence-corrected chi connectivity index (χ0v) is 9.66. The minimum absolute atomic E-state index is 0.384. The number of carbonyl (C=O) groups is 1. The Morgan fingerprint density at radius 2 is 2.38 bits per heavy atom. The molecule has 0 unspecified atom stereocenters. The molecule has 1 aromatic heterocycles. The zero-order chi connectivity index (χ0) is 11.4. The van der Waals surface area contributed by atoms with E-state index in [2.05, 4.69) is 4.98 Å². The molecule has 0 aliphatic rings. The molecular weight excluding hydrogens is 222 g/mol. The van der Waals surface area contributed by atoms with E-state index in [1.54, 1.807) is 7.11 Å². The average molecular weight is 233 g/mol. The first-order valence-electron chi connectivity index (χ1n) is 4.86. The van der Waals surface area contributed by atoms with Gasteiger partial charge in [0.15, 0.2) is 0 Å². The normalized spacial score (nSPS) is 10.1. The minimum atomic E-state index is 0.384. The molecule has 0 fully saturated rings. The Morgan fingerprint density at radius 3 is 3.12 bits per heavy atom. The van der Waals surface area contributed by atoms with E-state index in [-0.39, 0.29) is 0 Å². The molecule has 0 atom stereocenters. The lowest BCUT2D eigenvalue weighted by atomic mass is 10.2. The summed E-state index contributed by atoms with van der Waals surface area (Å²) < 4.78 is 5.15. The van der Waals surface area contributed by atoms with Crippen molar-refractivity contribution in [1.29, 1.82) is 0 Å². The lowest BCUT2D eigenvalue weighted by Crippen LogP contribution is -1.86. The molecule has 0 N–H and O–H groups in total. The summed E-state index contributed by atoms with van der Waals surface area (Å²) in [6.07, 6.45) is 1.25. The Hall–Kier alpha value is -1.68. The first-order valence-corrected chi connectivity index (χ1v) is 5.74. The maximum atomic E-state index is 10.4. The second-order valence-corrected chi connectivity index (χ2v) is 4.17. The maximum Gasteiger partial charge on any atom is 0.126 e. The summed E-state index contributed by atoms with van der Waals surface area (Å²) in [5.74, 6) is 0.808. The molecule has 82 valence electrons. The monoisotopic (exact) mass is 233 g/mol. The summed E-state index contributed by atoms with van der Waals surface area (Å²) in [4.78, 5) is 14.7. The molecule has 16 heavy (non-hydrogen) atoms. The highest BCUT2D eigenvalue weighted by Crippen LogP contribution is 2.25. The van der Waals surface area contributed by atoms with E-state index in [0.717, 1.165) is 28.3 Å². The van der Waals surface area contributed by atoms with E-state index in [0.29, 0.717) is 6.42 Å².